The Labute approximate surface area is 189 Å². The summed E-state index contributed by atoms with van der Waals surface area (Å²) < 4.78 is 1.29. The molecule has 0 unspecified atom stereocenters. The largest absolute Gasteiger partial charge is 0.245 e. The van der Waals surface area contributed by atoms with E-state index in [1.54, 1.807) is 0 Å². The third-order valence-corrected chi connectivity index (χ3v) is 6.44. The maximum Gasteiger partial charge on any atom is 0.198 e. The third-order valence-electron chi connectivity index (χ3n) is 5.48. The molecule has 5 heteroatoms. The van der Waals surface area contributed by atoms with Crippen LogP contribution in [0.25, 0.3) is 54.6 Å². The highest BCUT2D eigenvalue weighted by atomic mass is 79.9. The maximum absolute atomic E-state index is 5.12. The number of pyridine rings is 1. The van der Waals surface area contributed by atoms with E-state index in [0.29, 0.717) is 4.73 Å². The van der Waals surface area contributed by atoms with E-state index in [4.69, 9.17) is 4.98 Å². The van der Waals surface area contributed by atoms with Gasteiger partial charge in [0.2, 0.25) is 0 Å². The fourth-order valence-electron chi connectivity index (χ4n) is 4.14. The number of hydrogen-bond donors (Lipinski definition) is 0. The summed E-state index contributed by atoms with van der Waals surface area (Å²) >= 11 is 6.97. The molecule has 6 aromatic rings. The van der Waals surface area contributed by atoms with Gasteiger partial charge in [0.25, 0.3) is 0 Å². The number of aromatic nitrogens is 3. The molecule has 0 atom stereocenters. The van der Waals surface area contributed by atoms with Gasteiger partial charge in [-0.15, -0.1) is 0 Å². The summed E-state index contributed by atoms with van der Waals surface area (Å²) in [6, 6.07) is 27.5. The number of hydrogen-bond acceptors (Lipinski definition) is 3. The maximum atomic E-state index is 5.12. The van der Waals surface area contributed by atoms with E-state index in [2.05, 4.69) is 115 Å². The Kier molecular flexibility index (Phi) is 4.08. The predicted molar refractivity (Wildman–Crippen MR) is 131 cm³/mol. The Bertz CT molecular complexity index is 1570. The molecule has 0 amide bonds. The van der Waals surface area contributed by atoms with Crippen molar-refractivity contribution in [2.75, 3.05) is 0 Å². The van der Waals surface area contributed by atoms with Crippen molar-refractivity contribution in [2.24, 2.45) is 0 Å². The lowest BCUT2D eigenvalue weighted by Gasteiger charge is -2.12. The van der Waals surface area contributed by atoms with Crippen molar-refractivity contribution in [2.45, 2.75) is 0 Å². The molecular weight excluding hydrogens is 502 g/mol. The van der Waals surface area contributed by atoms with Gasteiger partial charge in [-0.1, -0.05) is 60.7 Å². The van der Waals surface area contributed by atoms with Gasteiger partial charge in [-0.05, 0) is 71.6 Å². The molecule has 0 saturated heterocycles. The normalized spacial score (nSPS) is 11.7. The molecule has 0 N–H and O–H groups in total. The number of halogens is 2. The van der Waals surface area contributed by atoms with Crippen LogP contribution >= 0.6 is 31.9 Å². The van der Waals surface area contributed by atoms with Crippen LogP contribution in [-0.4, -0.2) is 15.0 Å². The second-order valence-electron chi connectivity index (χ2n) is 7.21. The van der Waals surface area contributed by atoms with E-state index in [-0.39, 0.29) is 0 Å². The molecule has 142 valence electrons. The minimum absolute atomic E-state index is 0.539. The summed E-state index contributed by atoms with van der Waals surface area (Å²) in [5.74, 6) is 0. The van der Waals surface area contributed by atoms with Crippen molar-refractivity contribution in [3.63, 3.8) is 0 Å². The van der Waals surface area contributed by atoms with Gasteiger partial charge < -0.3 is 0 Å². The summed E-state index contributed by atoms with van der Waals surface area (Å²) in [5, 5.41) is 6.80. The summed E-state index contributed by atoms with van der Waals surface area (Å²) in [6.45, 7) is 0. The standard InChI is InChI=1S/C25H13Br2N3/c26-24-19-11-9-14-10-12-20(28-22(14)23(19)29-25(27)30-24)21-17-7-3-1-5-15(17)13-16-6-2-4-8-18(16)21/h1-13H. The smallest absolute Gasteiger partial charge is 0.198 e. The molecule has 2 heterocycles. The summed E-state index contributed by atoms with van der Waals surface area (Å²) in [6.07, 6.45) is 0. The van der Waals surface area contributed by atoms with Crippen LogP contribution in [-0.2, 0) is 0 Å². The van der Waals surface area contributed by atoms with Gasteiger partial charge in [-0.2, -0.15) is 0 Å². The van der Waals surface area contributed by atoms with E-state index in [0.717, 1.165) is 37.7 Å². The zero-order valence-corrected chi connectivity index (χ0v) is 18.8. The van der Waals surface area contributed by atoms with Crippen LogP contribution in [0.1, 0.15) is 0 Å². The van der Waals surface area contributed by atoms with Gasteiger partial charge in [-0.3, -0.25) is 0 Å². The van der Waals surface area contributed by atoms with E-state index >= 15 is 0 Å². The van der Waals surface area contributed by atoms with Crippen LogP contribution in [0.4, 0.5) is 0 Å². The van der Waals surface area contributed by atoms with Gasteiger partial charge >= 0.3 is 0 Å². The minimum Gasteiger partial charge on any atom is -0.245 e. The molecule has 0 spiro atoms. The number of nitrogens with zero attached hydrogens (tertiary/aromatic N) is 3. The number of rotatable bonds is 1. The zero-order chi connectivity index (χ0) is 20.2. The highest BCUT2D eigenvalue weighted by molar-refractivity contribution is 9.11. The lowest BCUT2D eigenvalue weighted by molar-refractivity contribution is 1.14. The molecule has 0 aliphatic rings. The first kappa shape index (κ1) is 17.9. The topological polar surface area (TPSA) is 38.7 Å². The molecule has 0 radical (unpaired) electrons. The predicted octanol–water partition coefficient (Wildman–Crippen LogP) is 7.68. The fraction of sp³-hybridized carbons (Fsp3) is 0. The Morgan fingerprint density at radius 2 is 1.20 bits per heavy atom. The van der Waals surface area contributed by atoms with Gasteiger partial charge in [0, 0.05) is 16.3 Å². The Balaban J connectivity index is 1.77. The molecule has 0 bridgehead atoms. The summed E-state index contributed by atoms with van der Waals surface area (Å²) in [5.41, 5.74) is 3.78. The first-order chi connectivity index (χ1) is 14.7. The first-order valence-corrected chi connectivity index (χ1v) is 11.1. The quantitative estimate of drug-likeness (QED) is 0.0977. The van der Waals surface area contributed by atoms with Crippen molar-refractivity contribution in [3.8, 4) is 11.3 Å². The lowest BCUT2D eigenvalue weighted by Crippen LogP contribution is -1.93. The van der Waals surface area contributed by atoms with Gasteiger partial charge in [-0.25, -0.2) is 15.0 Å². The molecule has 4 aromatic carbocycles. The molecule has 3 nitrogen and oxygen atoms in total. The van der Waals surface area contributed by atoms with E-state index in [9.17, 15) is 0 Å². The van der Waals surface area contributed by atoms with Gasteiger partial charge in [0.15, 0.2) is 4.73 Å². The van der Waals surface area contributed by atoms with E-state index in [1.807, 2.05) is 6.07 Å². The third kappa shape index (κ3) is 2.73. The van der Waals surface area contributed by atoms with Crippen LogP contribution in [0, 0.1) is 0 Å². The summed E-state index contributed by atoms with van der Waals surface area (Å²) in [7, 11) is 0. The zero-order valence-electron chi connectivity index (χ0n) is 15.6. The number of benzene rings is 4. The molecule has 0 aliphatic heterocycles. The van der Waals surface area contributed by atoms with Crippen molar-refractivity contribution in [3.05, 3.63) is 88.2 Å². The van der Waals surface area contributed by atoms with Crippen LogP contribution in [0.3, 0.4) is 0 Å². The average Bonchev–Trinajstić information content (AvgIpc) is 2.77. The number of fused-ring (bicyclic) bond motifs is 5. The Morgan fingerprint density at radius 3 is 1.93 bits per heavy atom. The Morgan fingerprint density at radius 1 is 0.533 bits per heavy atom. The van der Waals surface area contributed by atoms with Gasteiger partial charge in [0.05, 0.1) is 11.2 Å². The minimum atomic E-state index is 0.539. The van der Waals surface area contributed by atoms with Crippen molar-refractivity contribution >= 4 is 75.2 Å². The lowest BCUT2D eigenvalue weighted by atomic mass is 9.94. The highest BCUT2D eigenvalue weighted by Crippen LogP contribution is 2.37. The highest BCUT2D eigenvalue weighted by Gasteiger charge is 2.14. The van der Waals surface area contributed by atoms with E-state index < -0.39 is 0 Å². The van der Waals surface area contributed by atoms with Crippen LogP contribution in [0.5, 0.6) is 0 Å². The molecule has 0 aliphatic carbocycles. The van der Waals surface area contributed by atoms with Crippen LogP contribution in [0.15, 0.2) is 88.2 Å². The van der Waals surface area contributed by atoms with Crippen LogP contribution in [0.2, 0.25) is 0 Å². The van der Waals surface area contributed by atoms with Crippen molar-refractivity contribution < 1.29 is 0 Å². The average molecular weight is 515 g/mol. The monoisotopic (exact) mass is 513 g/mol. The van der Waals surface area contributed by atoms with Crippen LogP contribution < -0.4 is 0 Å². The fourth-order valence-corrected chi connectivity index (χ4v) is 5.22. The molecule has 30 heavy (non-hydrogen) atoms. The molecule has 2 aromatic heterocycles. The van der Waals surface area contributed by atoms with Crippen molar-refractivity contribution in [1.82, 2.24) is 15.0 Å². The molecule has 6 rings (SSSR count). The molecule has 0 saturated carbocycles. The van der Waals surface area contributed by atoms with Crippen molar-refractivity contribution in [1.29, 1.82) is 0 Å². The summed E-state index contributed by atoms with van der Waals surface area (Å²) in [4.78, 5) is 14.1. The SMILES string of the molecule is Brc1nc(Br)c2ccc3ccc(-c4c5ccccc5cc5ccccc45)nc3c2n1. The first-order valence-electron chi connectivity index (χ1n) is 9.52. The Hall–Kier alpha value is -2.89. The molecule has 0 fully saturated rings. The second-order valence-corrected chi connectivity index (χ2v) is 8.67. The second kappa shape index (κ2) is 6.83. The molecular formula is C25H13Br2N3. The van der Waals surface area contributed by atoms with Gasteiger partial charge in [0.1, 0.15) is 10.1 Å². The van der Waals surface area contributed by atoms with E-state index in [1.165, 1.54) is 21.5 Å².